The molecule has 2 aromatic rings. The van der Waals surface area contributed by atoms with Crippen LogP contribution >= 0.6 is 0 Å². The third-order valence-electron chi connectivity index (χ3n) is 3.45. The molecule has 0 aliphatic heterocycles. The summed E-state index contributed by atoms with van der Waals surface area (Å²) in [6, 6.07) is 6.40. The molecule has 0 fully saturated rings. The van der Waals surface area contributed by atoms with Crippen molar-refractivity contribution in [2.45, 2.75) is 25.9 Å². The second kappa shape index (κ2) is 7.50. The normalized spacial score (nSPS) is 11.9. The number of rotatable bonds is 5. The zero-order chi connectivity index (χ0) is 16.8. The van der Waals surface area contributed by atoms with Crippen molar-refractivity contribution in [3.8, 4) is 0 Å². The standard InChI is InChI=1S/C15H18N4O4/c1-2-9(8-20)17-15(23)14(22)16-7-12-10-5-3-4-6-11(10)13(21)19-18-12/h3-6,9,20H,2,7-8H2,1H3,(H,16,22)(H,17,23)(H,19,21)/t9-/m1/s1. The molecule has 23 heavy (non-hydrogen) atoms. The van der Waals surface area contributed by atoms with E-state index in [-0.39, 0.29) is 18.7 Å². The minimum absolute atomic E-state index is 0.000532. The number of aromatic nitrogens is 2. The minimum atomic E-state index is -0.825. The van der Waals surface area contributed by atoms with Gasteiger partial charge in [0.1, 0.15) is 0 Å². The molecule has 0 aliphatic carbocycles. The van der Waals surface area contributed by atoms with Gasteiger partial charge in [-0.1, -0.05) is 25.1 Å². The molecule has 1 aromatic heterocycles. The van der Waals surface area contributed by atoms with Gasteiger partial charge in [-0.3, -0.25) is 14.4 Å². The molecule has 0 saturated heterocycles. The molecule has 0 radical (unpaired) electrons. The lowest BCUT2D eigenvalue weighted by molar-refractivity contribution is -0.139. The van der Waals surface area contributed by atoms with E-state index in [1.165, 1.54) is 0 Å². The van der Waals surface area contributed by atoms with Gasteiger partial charge in [0.05, 0.1) is 30.3 Å². The first kappa shape index (κ1) is 16.6. The number of hydrogen-bond acceptors (Lipinski definition) is 5. The van der Waals surface area contributed by atoms with Gasteiger partial charge in [-0.2, -0.15) is 5.10 Å². The Balaban J connectivity index is 2.07. The van der Waals surface area contributed by atoms with Crippen LogP contribution in [0.25, 0.3) is 10.8 Å². The summed E-state index contributed by atoms with van der Waals surface area (Å²) in [6.07, 6.45) is 0.516. The molecule has 2 rings (SSSR count). The number of hydrogen-bond donors (Lipinski definition) is 4. The number of benzene rings is 1. The average Bonchev–Trinajstić information content (AvgIpc) is 2.58. The number of amides is 2. The highest BCUT2D eigenvalue weighted by Crippen LogP contribution is 2.11. The Hall–Kier alpha value is -2.74. The summed E-state index contributed by atoms with van der Waals surface area (Å²) in [6.45, 7) is 1.55. The van der Waals surface area contributed by atoms with Crippen molar-refractivity contribution < 1.29 is 14.7 Å². The van der Waals surface area contributed by atoms with Gasteiger partial charge in [0, 0.05) is 5.39 Å². The molecule has 2 amide bonds. The highest BCUT2D eigenvalue weighted by molar-refractivity contribution is 6.35. The van der Waals surface area contributed by atoms with Crippen LogP contribution in [0.1, 0.15) is 19.0 Å². The van der Waals surface area contributed by atoms with E-state index in [0.29, 0.717) is 22.9 Å². The lowest BCUT2D eigenvalue weighted by Gasteiger charge is -2.13. The molecule has 0 spiro atoms. The molecule has 1 aromatic carbocycles. The number of aliphatic hydroxyl groups is 1. The number of aliphatic hydroxyl groups excluding tert-OH is 1. The molecule has 1 atom stereocenters. The predicted octanol–water partition coefficient (Wildman–Crippen LogP) is -0.574. The van der Waals surface area contributed by atoms with Gasteiger partial charge in [-0.15, -0.1) is 0 Å². The van der Waals surface area contributed by atoms with E-state index in [2.05, 4.69) is 20.8 Å². The first-order chi connectivity index (χ1) is 11.1. The summed E-state index contributed by atoms with van der Waals surface area (Å²) in [7, 11) is 0. The van der Waals surface area contributed by atoms with Gasteiger partial charge in [0.2, 0.25) is 0 Å². The maximum atomic E-state index is 11.8. The van der Waals surface area contributed by atoms with Crippen molar-refractivity contribution in [1.82, 2.24) is 20.8 Å². The maximum Gasteiger partial charge on any atom is 0.309 e. The molecule has 0 bridgehead atoms. The fraction of sp³-hybridized carbons (Fsp3) is 0.333. The number of aromatic amines is 1. The molecule has 4 N–H and O–H groups in total. The number of nitrogens with zero attached hydrogens (tertiary/aromatic N) is 1. The van der Waals surface area contributed by atoms with Gasteiger partial charge in [0.25, 0.3) is 5.56 Å². The van der Waals surface area contributed by atoms with Gasteiger partial charge in [-0.25, -0.2) is 5.10 Å². The number of carbonyl (C=O) groups excluding carboxylic acids is 2. The van der Waals surface area contributed by atoms with Crippen molar-refractivity contribution in [1.29, 1.82) is 0 Å². The van der Waals surface area contributed by atoms with E-state index in [0.717, 1.165) is 0 Å². The first-order valence-electron chi connectivity index (χ1n) is 7.22. The van der Waals surface area contributed by atoms with Crippen LogP contribution in [0.15, 0.2) is 29.1 Å². The van der Waals surface area contributed by atoms with Crippen LogP contribution in [-0.2, 0) is 16.1 Å². The van der Waals surface area contributed by atoms with Crippen molar-refractivity contribution in [3.05, 3.63) is 40.3 Å². The molecule has 0 aliphatic rings. The van der Waals surface area contributed by atoms with E-state index in [1.54, 1.807) is 31.2 Å². The maximum absolute atomic E-state index is 11.8. The lowest BCUT2D eigenvalue weighted by atomic mass is 10.1. The molecule has 122 valence electrons. The zero-order valence-electron chi connectivity index (χ0n) is 12.6. The van der Waals surface area contributed by atoms with Crippen molar-refractivity contribution in [2.75, 3.05) is 6.61 Å². The van der Waals surface area contributed by atoms with Crippen LogP contribution < -0.4 is 16.2 Å². The fourth-order valence-corrected chi connectivity index (χ4v) is 2.08. The second-order valence-corrected chi connectivity index (χ2v) is 4.99. The third-order valence-corrected chi connectivity index (χ3v) is 3.45. The van der Waals surface area contributed by atoms with Gasteiger partial charge in [-0.05, 0) is 12.5 Å². The van der Waals surface area contributed by atoms with E-state index in [1.807, 2.05) is 0 Å². The van der Waals surface area contributed by atoms with Crippen LogP contribution in [0.3, 0.4) is 0 Å². The topological polar surface area (TPSA) is 124 Å². The second-order valence-electron chi connectivity index (χ2n) is 4.99. The number of nitrogens with one attached hydrogen (secondary N) is 3. The Morgan fingerprint density at radius 3 is 2.61 bits per heavy atom. The molecular weight excluding hydrogens is 300 g/mol. The molecular formula is C15H18N4O4. The Bertz CT molecular complexity index is 767. The smallest absolute Gasteiger partial charge is 0.309 e. The number of H-pyrrole nitrogens is 1. The Morgan fingerprint density at radius 2 is 1.96 bits per heavy atom. The van der Waals surface area contributed by atoms with Crippen LogP contribution in [-0.4, -0.2) is 39.8 Å². The van der Waals surface area contributed by atoms with Crippen LogP contribution in [0, 0.1) is 0 Å². The van der Waals surface area contributed by atoms with Gasteiger partial charge in [0.15, 0.2) is 0 Å². The van der Waals surface area contributed by atoms with Crippen molar-refractivity contribution >= 4 is 22.6 Å². The highest BCUT2D eigenvalue weighted by atomic mass is 16.3. The molecule has 0 saturated carbocycles. The Kier molecular flexibility index (Phi) is 5.42. The average molecular weight is 318 g/mol. The predicted molar refractivity (Wildman–Crippen MR) is 83.5 cm³/mol. The number of fused-ring (bicyclic) bond motifs is 1. The summed E-state index contributed by atoms with van der Waals surface area (Å²) in [4.78, 5) is 35.2. The Morgan fingerprint density at radius 1 is 1.26 bits per heavy atom. The quantitative estimate of drug-likeness (QED) is 0.549. The zero-order valence-corrected chi connectivity index (χ0v) is 12.6. The van der Waals surface area contributed by atoms with Gasteiger partial charge < -0.3 is 15.7 Å². The van der Waals surface area contributed by atoms with Crippen LogP contribution in [0.4, 0.5) is 0 Å². The minimum Gasteiger partial charge on any atom is -0.394 e. The molecule has 8 nitrogen and oxygen atoms in total. The fourth-order valence-electron chi connectivity index (χ4n) is 2.08. The third kappa shape index (κ3) is 3.92. The largest absolute Gasteiger partial charge is 0.394 e. The van der Waals surface area contributed by atoms with E-state index in [4.69, 9.17) is 5.11 Å². The first-order valence-corrected chi connectivity index (χ1v) is 7.22. The SMILES string of the molecule is CC[C@H](CO)NC(=O)C(=O)NCc1n[nH]c(=O)c2ccccc12. The molecule has 1 heterocycles. The molecule has 8 heteroatoms. The molecule has 0 unspecified atom stereocenters. The number of carbonyl (C=O) groups is 2. The summed E-state index contributed by atoms with van der Waals surface area (Å²) >= 11 is 0. The summed E-state index contributed by atoms with van der Waals surface area (Å²) < 4.78 is 0. The van der Waals surface area contributed by atoms with E-state index < -0.39 is 17.9 Å². The van der Waals surface area contributed by atoms with E-state index >= 15 is 0 Å². The summed E-state index contributed by atoms with van der Waals surface area (Å²) in [5.74, 6) is -1.64. The van der Waals surface area contributed by atoms with Gasteiger partial charge >= 0.3 is 11.8 Å². The van der Waals surface area contributed by atoms with Crippen molar-refractivity contribution in [2.24, 2.45) is 0 Å². The summed E-state index contributed by atoms with van der Waals surface area (Å²) in [5, 5.41) is 21.2. The van der Waals surface area contributed by atoms with Crippen LogP contribution in [0.5, 0.6) is 0 Å². The van der Waals surface area contributed by atoms with Crippen molar-refractivity contribution in [3.63, 3.8) is 0 Å². The lowest BCUT2D eigenvalue weighted by Crippen LogP contribution is -2.45. The highest BCUT2D eigenvalue weighted by Gasteiger charge is 2.17. The van der Waals surface area contributed by atoms with E-state index in [9.17, 15) is 14.4 Å². The summed E-state index contributed by atoms with van der Waals surface area (Å²) in [5.41, 5.74) is 0.137. The van der Waals surface area contributed by atoms with Crippen LogP contribution in [0.2, 0.25) is 0 Å². The Labute approximate surface area is 131 Å². The monoisotopic (exact) mass is 318 g/mol.